The Balaban J connectivity index is 2.11. The number of hydrogen-bond donors (Lipinski definition) is 2. The van der Waals surface area contributed by atoms with Crippen molar-refractivity contribution < 1.29 is 4.74 Å². The predicted octanol–water partition coefficient (Wildman–Crippen LogP) is 2.66. The average molecular weight is 235 g/mol. The van der Waals surface area contributed by atoms with Gasteiger partial charge in [0.15, 0.2) is 0 Å². The minimum atomic E-state index is -0.285. The molecule has 2 atom stereocenters. The first kappa shape index (κ1) is 12.0. The van der Waals surface area contributed by atoms with Crippen LogP contribution in [0.25, 0.3) is 0 Å². The van der Waals surface area contributed by atoms with Gasteiger partial charge in [-0.3, -0.25) is 0 Å². The monoisotopic (exact) mass is 235 g/mol. The highest BCUT2D eigenvalue weighted by Crippen LogP contribution is 2.33. The molecule has 2 unspecified atom stereocenters. The second-order valence-electron chi connectivity index (χ2n) is 5.77. The Morgan fingerprint density at radius 3 is 2.59 bits per heavy atom. The molecule has 0 saturated heterocycles. The molecule has 1 aromatic rings. The van der Waals surface area contributed by atoms with Gasteiger partial charge in [-0.25, -0.2) is 0 Å². The predicted molar refractivity (Wildman–Crippen MR) is 70.2 cm³/mol. The molecule has 0 bridgehead atoms. The lowest BCUT2D eigenvalue weighted by atomic mass is 10.2. The van der Waals surface area contributed by atoms with Crippen LogP contribution in [0.1, 0.15) is 34.1 Å². The van der Waals surface area contributed by atoms with E-state index < -0.39 is 0 Å². The summed E-state index contributed by atoms with van der Waals surface area (Å²) in [4.78, 5) is 4.41. The molecule has 3 N–H and O–H groups in total. The molecule has 0 aliphatic heterocycles. The Labute approximate surface area is 103 Å². The van der Waals surface area contributed by atoms with Crippen molar-refractivity contribution >= 4 is 11.5 Å². The minimum Gasteiger partial charge on any atom is -0.470 e. The molecule has 2 rings (SSSR count). The summed E-state index contributed by atoms with van der Waals surface area (Å²) in [5.74, 6) is 2.09. The van der Waals surface area contributed by atoms with E-state index >= 15 is 0 Å². The largest absolute Gasteiger partial charge is 0.470 e. The van der Waals surface area contributed by atoms with Crippen LogP contribution in [0.15, 0.2) is 12.1 Å². The Morgan fingerprint density at radius 1 is 1.41 bits per heavy atom. The molecular formula is C13H21N3O. The van der Waals surface area contributed by atoms with E-state index in [0.717, 1.165) is 11.7 Å². The van der Waals surface area contributed by atoms with Gasteiger partial charge in [0.2, 0.25) is 5.88 Å². The summed E-state index contributed by atoms with van der Waals surface area (Å²) in [7, 11) is 0. The van der Waals surface area contributed by atoms with E-state index in [2.05, 4.69) is 17.2 Å². The van der Waals surface area contributed by atoms with Gasteiger partial charge in [-0.15, -0.1) is 0 Å². The van der Waals surface area contributed by atoms with Gasteiger partial charge in [0.25, 0.3) is 0 Å². The number of nitrogens with zero attached hydrogens (tertiary/aromatic N) is 1. The van der Waals surface area contributed by atoms with Crippen LogP contribution in [-0.4, -0.2) is 16.6 Å². The SMILES string of the molecule is CC1CC1Nc1ccc(N)c(OC(C)(C)C)n1. The first-order valence-electron chi connectivity index (χ1n) is 6.07. The van der Waals surface area contributed by atoms with E-state index in [9.17, 15) is 0 Å². The van der Waals surface area contributed by atoms with Crippen LogP contribution >= 0.6 is 0 Å². The van der Waals surface area contributed by atoms with Crippen molar-refractivity contribution in [2.45, 2.75) is 45.8 Å². The molecule has 0 amide bonds. The van der Waals surface area contributed by atoms with Crippen molar-refractivity contribution in [3.05, 3.63) is 12.1 Å². The van der Waals surface area contributed by atoms with Crippen LogP contribution in [0, 0.1) is 5.92 Å². The van der Waals surface area contributed by atoms with Gasteiger partial charge in [-0.2, -0.15) is 4.98 Å². The fourth-order valence-corrected chi connectivity index (χ4v) is 1.62. The number of nitrogen functional groups attached to an aromatic ring is 1. The lowest BCUT2D eigenvalue weighted by Crippen LogP contribution is -2.24. The fourth-order valence-electron chi connectivity index (χ4n) is 1.62. The molecule has 4 nitrogen and oxygen atoms in total. The summed E-state index contributed by atoms with van der Waals surface area (Å²) in [6, 6.07) is 4.29. The molecule has 1 aliphatic rings. The van der Waals surface area contributed by atoms with Gasteiger partial charge >= 0.3 is 0 Å². The third kappa shape index (κ3) is 3.25. The second kappa shape index (κ2) is 4.09. The van der Waals surface area contributed by atoms with Crippen molar-refractivity contribution in [2.75, 3.05) is 11.1 Å². The number of nitrogens with one attached hydrogen (secondary N) is 1. The summed E-state index contributed by atoms with van der Waals surface area (Å²) in [6.45, 7) is 8.17. The van der Waals surface area contributed by atoms with Crippen LogP contribution in [0.3, 0.4) is 0 Å². The fraction of sp³-hybridized carbons (Fsp3) is 0.615. The zero-order chi connectivity index (χ0) is 12.6. The van der Waals surface area contributed by atoms with Crippen LogP contribution in [0.4, 0.5) is 11.5 Å². The van der Waals surface area contributed by atoms with Crippen LogP contribution < -0.4 is 15.8 Å². The maximum absolute atomic E-state index is 5.86. The molecule has 1 aliphatic carbocycles. The maximum Gasteiger partial charge on any atom is 0.239 e. The molecule has 1 saturated carbocycles. The third-order valence-corrected chi connectivity index (χ3v) is 2.74. The number of pyridine rings is 1. The summed E-state index contributed by atoms with van der Waals surface area (Å²) in [6.07, 6.45) is 1.21. The van der Waals surface area contributed by atoms with E-state index in [-0.39, 0.29) is 5.60 Å². The first-order valence-corrected chi connectivity index (χ1v) is 6.07. The lowest BCUT2D eigenvalue weighted by Gasteiger charge is -2.21. The summed E-state index contributed by atoms with van der Waals surface area (Å²) >= 11 is 0. The molecule has 17 heavy (non-hydrogen) atoms. The van der Waals surface area contributed by atoms with Crippen LogP contribution in [0.2, 0.25) is 0 Å². The molecule has 1 fully saturated rings. The number of hydrogen-bond acceptors (Lipinski definition) is 4. The number of anilines is 2. The smallest absolute Gasteiger partial charge is 0.239 e. The topological polar surface area (TPSA) is 60.2 Å². The minimum absolute atomic E-state index is 0.285. The van der Waals surface area contributed by atoms with Crippen LogP contribution in [-0.2, 0) is 0 Å². The molecule has 0 aromatic carbocycles. The summed E-state index contributed by atoms with van der Waals surface area (Å²) < 4.78 is 5.73. The van der Waals surface area contributed by atoms with Crippen molar-refractivity contribution in [3.8, 4) is 5.88 Å². The molecule has 0 radical (unpaired) electrons. The number of nitrogens with two attached hydrogens (primary N) is 1. The van der Waals surface area contributed by atoms with E-state index in [0.29, 0.717) is 17.6 Å². The van der Waals surface area contributed by atoms with Gasteiger partial charge in [0, 0.05) is 6.04 Å². The van der Waals surface area contributed by atoms with Crippen molar-refractivity contribution in [1.82, 2.24) is 4.98 Å². The van der Waals surface area contributed by atoms with Gasteiger partial charge in [-0.05, 0) is 45.2 Å². The molecule has 94 valence electrons. The number of ether oxygens (including phenoxy) is 1. The van der Waals surface area contributed by atoms with Gasteiger partial charge < -0.3 is 15.8 Å². The van der Waals surface area contributed by atoms with E-state index in [1.165, 1.54) is 6.42 Å². The molecular weight excluding hydrogens is 214 g/mol. The van der Waals surface area contributed by atoms with Gasteiger partial charge in [0.1, 0.15) is 11.4 Å². The maximum atomic E-state index is 5.86. The van der Waals surface area contributed by atoms with Gasteiger partial charge in [-0.1, -0.05) is 6.92 Å². The normalized spacial score (nSPS) is 23.3. The Kier molecular flexibility index (Phi) is 2.89. The summed E-state index contributed by atoms with van der Waals surface area (Å²) in [5, 5.41) is 3.37. The quantitative estimate of drug-likeness (QED) is 0.845. The second-order valence-corrected chi connectivity index (χ2v) is 5.77. The van der Waals surface area contributed by atoms with Crippen molar-refractivity contribution in [2.24, 2.45) is 5.92 Å². The van der Waals surface area contributed by atoms with Crippen LogP contribution in [0.5, 0.6) is 5.88 Å². The van der Waals surface area contributed by atoms with E-state index in [1.54, 1.807) is 0 Å². The van der Waals surface area contributed by atoms with Gasteiger partial charge in [0.05, 0.1) is 5.69 Å². The summed E-state index contributed by atoms with van der Waals surface area (Å²) in [5.41, 5.74) is 6.15. The van der Waals surface area contributed by atoms with E-state index in [4.69, 9.17) is 10.5 Å². The average Bonchev–Trinajstić information content (AvgIpc) is 2.85. The molecule has 0 spiro atoms. The Bertz CT molecular complexity index is 412. The highest BCUT2D eigenvalue weighted by molar-refractivity contribution is 5.54. The van der Waals surface area contributed by atoms with E-state index in [1.807, 2.05) is 32.9 Å². The molecule has 1 aromatic heterocycles. The standard InChI is InChI=1S/C13H21N3O/c1-8-7-10(8)15-11-6-5-9(14)12(16-11)17-13(2,3)4/h5-6,8,10H,7,14H2,1-4H3,(H,15,16). The number of aromatic nitrogens is 1. The van der Waals surface area contributed by atoms with Crippen molar-refractivity contribution in [3.63, 3.8) is 0 Å². The molecule has 4 heteroatoms. The third-order valence-electron chi connectivity index (χ3n) is 2.74. The number of rotatable bonds is 3. The highest BCUT2D eigenvalue weighted by Gasteiger charge is 2.32. The zero-order valence-corrected chi connectivity index (χ0v) is 10.9. The zero-order valence-electron chi connectivity index (χ0n) is 10.9. The highest BCUT2D eigenvalue weighted by atomic mass is 16.5. The lowest BCUT2D eigenvalue weighted by molar-refractivity contribution is 0.125. The Morgan fingerprint density at radius 2 is 2.06 bits per heavy atom. The Hall–Kier alpha value is -1.45. The van der Waals surface area contributed by atoms with Crippen molar-refractivity contribution in [1.29, 1.82) is 0 Å². The molecule has 1 heterocycles. The first-order chi connectivity index (χ1) is 7.85.